The van der Waals surface area contributed by atoms with E-state index in [9.17, 15) is 14.7 Å². The molecular formula is C20H26ClN3O3. The van der Waals surface area contributed by atoms with E-state index in [1.165, 1.54) is 4.90 Å². The van der Waals surface area contributed by atoms with Crippen LogP contribution in [0.3, 0.4) is 0 Å². The molecule has 2 rings (SSSR count). The molecule has 0 spiro atoms. The fourth-order valence-electron chi connectivity index (χ4n) is 2.78. The number of hydrogen-bond acceptors (Lipinski definition) is 4. The smallest absolute Gasteiger partial charge is 0.243 e. The SMILES string of the molecule is CC(C)(C)C(N)C(=O)N1C[C@H](O)C[C@H]1C(=O)NCC#Cc1ccc(Cl)cc1. The molecule has 27 heavy (non-hydrogen) atoms. The third kappa shape index (κ3) is 5.70. The van der Waals surface area contributed by atoms with E-state index in [-0.39, 0.29) is 31.3 Å². The summed E-state index contributed by atoms with van der Waals surface area (Å²) in [7, 11) is 0. The van der Waals surface area contributed by atoms with Gasteiger partial charge in [-0.25, -0.2) is 0 Å². The van der Waals surface area contributed by atoms with Gasteiger partial charge in [0.25, 0.3) is 0 Å². The number of benzene rings is 1. The molecule has 2 amide bonds. The Kier molecular flexibility index (Phi) is 6.88. The van der Waals surface area contributed by atoms with Crippen LogP contribution in [0.4, 0.5) is 0 Å². The van der Waals surface area contributed by atoms with Crippen LogP contribution < -0.4 is 11.1 Å². The van der Waals surface area contributed by atoms with Crippen LogP contribution in [0.5, 0.6) is 0 Å². The summed E-state index contributed by atoms with van der Waals surface area (Å²) in [4.78, 5) is 26.5. The molecule has 0 bridgehead atoms. The van der Waals surface area contributed by atoms with Crippen LogP contribution >= 0.6 is 11.6 Å². The third-order valence-corrected chi connectivity index (χ3v) is 4.74. The van der Waals surface area contributed by atoms with E-state index in [2.05, 4.69) is 17.2 Å². The molecule has 1 unspecified atom stereocenters. The predicted molar refractivity (Wildman–Crippen MR) is 105 cm³/mol. The molecule has 0 aliphatic carbocycles. The Labute approximate surface area is 165 Å². The van der Waals surface area contributed by atoms with Crippen LogP contribution in [-0.2, 0) is 9.59 Å². The van der Waals surface area contributed by atoms with E-state index >= 15 is 0 Å². The van der Waals surface area contributed by atoms with Crippen LogP contribution in [0.2, 0.25) is 5.02 Å². The highest BCUT2D eigenvalue weighted by molar-refractivity contribution is 6.30. The lowest BCUT2D eigenvalue weighted by Gasteiger charge is -2.32. The second-order valence-electron chi connectivity index (χ2n) is 7.77. The average Bonchev–Trinajstić information content (AvgIpc) is 3.00. The fourth-order valence-corrected chi connectivity index (χ4v) is 2.91. The van der Waals surface area contributed by atoms with Crippen molar-refractivity contribution in [2.24, 2.45) is 11.1 Å². The lowest BCUT2D eigenvalue weighted by Crippen LogP contribution is -2.55. The lowest BCUT2D eigenvalue weighted by molar-refractivity contribution is -0.141. The van der Waals surface area contributed by atoms with E-state index in [4.69, 9.17) is 17.3 Å². The fraction of sp³-hybridized carbons (Fsp3) is 0.500. The van der Waals surface area contributed by atoms with Gasteiger partial charge in [0.1, 0.15) is 6.04 Å². The minimum absolute atomic E-state index is 0.108. The lowest BCUT2D eigenvalue weighted by atomic mass is 9.86. The summed E-state index contributed by atoms with van der Waals surface area (Å²) in [6.45, 7) is 5.84. The average molecular weight is 392 g/mol. The molecule has 1 aliphatic rings. The number of nitrogens with one attached hydrogen (secondary N) is 1. The molecule has 3 atom stereocenters. The largest absolute Gasteiger partial charge is 0.391 e. The highest BCUT2D eigenvalue weighted by atomic mass is 35.5. The topological polar surface area (TPSA) is 95.7 Å². The molecule has 0 aromatic heterocycles. The van der Waals surface area contributed by atoms with Gasteiger partial charge in [-0.15, -0.1) is 0 Å². The molecule has 4 N–H and O–H groups in total. The number of amides is 2. The van der Waals surface area contributed by atoms with Crippen LogP contribution in [-0.4, -0.2) is 53.1 Å². The molecule has 0 saturated carbocycles. The Morgan fingerprint density at radius 1 is 1.37 bits per heavy atom. The van der Waals surface area contributed by atoms with Gasteiger partial charge in [0.15, 0.2) is 0 Å². The molecule has 0 radical (unpaired) electrons. The molecule has 7 heteroatoms. The maximum atomic E-state index is 12.7. The minimum atomic E-state index is -0.747. The van der Waals surface area contributed by atoms with Gasteiger partial charge in [-0.05, 0) is 29.7 Å². The summed E-state index contributed by atoms with van der Waals surface area (Å²) in [5.41, 5.74) is 6.40. The Bertz CT molecular complexity index is 746. The summed E-state index contributed by atoms with van der Waals surface area (Å²) in [5, 5.41) is 13.3. The van der Waals surface area contributed by atoms with Crippen LogP contribution in [0.15, 0.2) is 24.3 Å². The molecule has 1 aromatic rings. The molecule has 1 saturated heterocycles. The van der Waals surface area contributed by atoms with Gasteiger partial charge >= 0.3 is 0 Å². The van der Waals surface area contributed by atoms with E-state index < -0.39 is 23.6 Å². The van der Waals surface area contributed by atoms with E-state index in [0.717, 1.165) is 5.56 Å². The van der Waals surface area contributed by atoms with Crippen molar-refractivity contribution in [1.29, 1.82) is 0 Å². The minimum Gasteiger partial charge on any atom is -0.391 e. The molecule has 1 heterocycles. The molecular weight excluding hydrogens is 366 g/mol. The van der Waals surface area contributed by atoms with Crippen molar-refractivity contribution in [1.82, 2.24) is 10.2 Å². The maximum absolute atomic E-state index is 12.7. The van der Waals surface area contributed by atoms with Crippen molar-refractivity contribution in [3.63, 3.8) is 0 Å². The van der Waals surface area contributed by atoms with Crippen molar-refractivity contribution in [2.75, 3.05) is 13.1 Å². The van der Waals surface area contributed by atoms with Gasteiger partial charge in [-0.2, -0.15) is 0 Å². The summed E-state index contributed by atoms with van der Waals surface area (Å²) in [6, 6.07) is 5.58. The number of aliphatic hydroxyl groups excluding tert-OH is 1. The monoisotopic (exact) mass is 391 g/mol. The first-order valence-corrected chi connectivity index (χ1v) is 9.23. The molecule has 1 fully saturated rings. The van der Waals surface area contributed by atoms with Crippen molar-refractivity contribution in [3.05, 3.63) is 34.9 Å². The van der Waals surface area contributed by atoms with Crippen LogP contribution in [0.1, 0.15) is 32.8 Å². The zero-order valence-corrected chi connectivity index (χ0v) is 16.6. The second-order valence-corrected chi connectivity index (χ2v) is 8.20. The van der Waals surface area contributed by atoms with Gasteiger partial charge in [-0.1, -0.05) is 44.2 Å². The highest BCUT2D eigenvalue weighted by Crippen LogP contribution is 2.24. The predicted octanol–water partition coefficient (Wildman–Crippen LogP) is 1.14. The summed E-state index contributed by atoms with van der Waals surface area (Å²) in [6.07, 6.45) is -0.545. The van der Waals surface area contributed by atoms with Crippen LogP contribution in [0, 0.1) is 17.3 Å². The zero-order valence-electron chi connectivity index (χ0n) is 15.8. The van der Waals surface area contributed by atoms with Gasteiger partial charge in [-0.3, -0.25) is 9.59 Å². The molecule has 1 aliphatic heterocycles. The Balaban J connectivity index is 1.97. The summed E-state index contributed by atoms with van der Waals surface area (Å²) in [5.74, 6) is 5.12. The zero-order chi connectivity index (χ0) is 20.2. The van der Waals surface area contributed by atoms with Crippen LogP contribution in [0.25, 0.3) is 0 Å². The Morgan fingerprint density at radius 2 is 2.00 bits per heavy atom. The number of β-amino-alcohol motifs (C(OH)–C–C–N with tert-alkyl or cyclic N) is 1. The number of carbonyl (C=O) groups is 2. The Morgan fingerprint density at radius 3 is 2.59 bits per heavy atom. The number of rotatable bonds is 3. The van der Waals surface area contributed by atoms with Gasteiger partial charge in [0.05, 0.1) is 18.7 Å². The first-order valence-electron chi connectivity index (χ1n) is 8.86. The van der Waals surface area contributed by atoms with Crippen molar-refractivity contribution in [3.8, 4) is 11.8 Å². The number of hydrogen-bond donors (Lipinski definition) is 3. The number of nitrogens with two attached hydrogens (primary N) is 1. The molecule has 1 aromatic carbocycles. The van der Waals surface area contributed by atoms with Gasteiger partial charge < -0.3 is 21.1 Å². The summed E-state index contributed by atoms with van der Waals surface area (Å²) < 4.78 is 0. The first kappa shape index (κ1) is 21.2. The second kappa shape index (κ2) is 8.75. The Hall–Kier alpha value is -2.07. The maximum Gasteiger partial charge on any atom is 0.243 e. The van der Waals surface area contributed by atoms with Crippen molar-refractivity contribution in [2.45, 2.75) is 45.4 Å². The number of likely N-dealkylation sites (tertiary alicyclic amines) is 1. The van der Waals surface area contributed by atoms with Crippen molar-refractivity contribution < 1.29 is 14.7 Å². The van der Waals surface area contributed by atoms with Gasteiger partial charge in [0.2, 0.25) is 11.8 Å². The third-order valence-electron chi connectivity index (χ3n) is 4.49. The number of nitrogens with zero attached hydrogens (tertiary/aromatic N) is 1. The van der Waals surface area contributed by atoms with E-state index in [1.54, 1.807) is 24.3 Å². The molecule has 146 valence electrons. The van der Waals surface area contributed by atoms with E-state index in [0.29, 0.717) is 5.02 Å². The number of aliphatic hydroxyl groups is 1. The van der Waals surface area contributed by atoms with E-state index in [1.807, 2.05) is 20.8 Å². The molecule has 6 nitrogen and oxygen atoms in total. The normalized spacial score (nSPS) is 20.6. The highest BCUT2D eigenvalue weighted by Gasteiger charge is 2.42. The number of halogens is 1. The standard InChI is InChI=1S/C20H26ClN3O3/c1-20(2,3)17(22)19(27)24-12-15(25)11-16(24)18(26)23-10-4-5-13-6-8-14(21)9-7-13/h6-9,15-17,25H,10-12,22H2,1-3H3,(H,23,26)/t15-,16+,17?/m1/s1. The van der Waals surface area contributed by atoms with Crippen molar-refractivity contribution >= 4 is 23.4 Å². The quantitative estimate of drug-likeness (QED) is 0.673. The first-order chi connectivity index (χ1) is 12.6. The summed E-state index contributed by atoms with van der Waals surface area (Å²) >= 11 is 5.82. The van der Waals surface area contributed by atoms with Gasteiger partial charge in [0, 0.05) is 23.6 Å². The number of carbonyl (C=O) groups excluding carboxylic acids is 2.